The first-order valence-electron chi connectivity index (χ1n) is 17.9. The molecular weight excluding hydrogens is 698 g/mol. The van der Waals surface area contributed by atoms with Crippen LogP contribution in [0.5, 0.6) is 0 Å². The number of nitrogens with zero attached hydrogens (tertiary/aromatic N) is 8. The molecule has 2 fully saturated rings. The number of fused-ring (bicyclic) bond motifs is 2. The predicted molar refractivity (Wildman–Crippen MR) is 199 cm³/mol. The van der Waals surface area contributed by atoms with Gasteiger partial charge in [0, 0.05) is 65.9 Å². The number of aliphatic hydroxyl groups is 1. The fourth-order valence-corrected chi connectivity index (χ4v) is 6.62. The molecular formula is C39H44F2N8O5. The summed E-state index contributed by atoms with van der Waals surface area (Å²) in [5.74, 6) is 2.81. The number of ether oxygens (including phenoxy) is 2. The lowest BCUT2D eigenvalue weighted by Gasteiger charge is -2.20. The number of imidazole rings is 2. The maximum atomic E-state index is 13.1. The smallest absolute Gasteiger partial charge is 0.279 e. The molecule has 0 atom stereocenters. The van der Waals surface area contributed by atoms with Crippen LogP contribution < -0.4 is 11.1 Å². The third-order valence-corrected chi connectivity index (χ3v) is 9.74. The van der Waals surface area contributed by atoms with Crippen molar-refractivity contribution in [1.82, 2.24) is 38.3 Å². The van der Waals surface area contributed by atoms with E-state index in [-0.39, 0.29) is 34.6 Å². The summed E-state index contributed by atoms with van der Waals surface area (Å²) in [6.07, 6.45) is 11.6. The van der Waals surface area contributed by atoms with Gasteiger partial charge in [-0.3, -0.25) is 18.7 Å². The molecule has 4 aromatic heterocycles. The van der Waals surface area contributed by atoms with Crippen LogP contribution in [0.25, 0.3) is 23.2 Å². The van der Waals surface area contributed by atoms with Gasteiger partial charge in [0.15, 0.2) is 16.9 Å². The van der Waals surface area contributed by atoms with Crippen LogP contribution in [-0.2, 0) is 36.4 Å². The molecule has 0 saturated carbocycles. The molecule has 0 aliphatic carbocycles. The van der Waals surface area contributed by atoms with Gasteiger partial charge in [-0.15, -0.1) is 5.10 Å². The SMILES string of the molecule is CO.Cn1c(/C=C/c2ccc(F)cc2)nn2c(C3CCOCC3)ncc2c1=O.Cn1c(CCc2ccc(F)cc2)nn2c(C3CCOCC3)ncc2c1=O. The minimum absolute atomic E-state index is 0.0973. The van der Waals surface area contributed by atoms with E-state index < -0.39 is 0 Å². The molecule has 2 aromatic carbocycles. The molecule has 6 heterocycles. The standard InChI is InChI=1S/C19H21FN4O2.C19H19FN4O2.CH4O/c2*1-23-17(7-4-13-2-5-15(20)6-3-13)22-24-16(19(23)25)12-21-18(24)14-8-10-26-11-9-14;1-2/h2-3,5-6,12,14H,4,7-11H2,1H3;2-7,12,14H,8-11H2,1H3;2H,1H3/b;7-4+;. The highest BCUT2D eigenvalue weighted by Crippen LogP contribution is 2.27. The highest BCUT2D eigenvalue weighted by Gasteiger charge is 2.24. The molecule has 2 saturated heterocycles. The Hall–Kier alpha value is -5.38. The lowest BCUT2D eigenvalue weighted by Crippen LogP contribution is -2.26. The molecule has 0 bridgehead atoms. The van der Waals surface area contributed by atoms with E-state index in [1.165, 1.54) is 28.8 Å². The molecule has 54 heavy (non-hydrogen) atoms. The molecule has 6 aromatic rings. The highest BCUT2D eigenvalue weighted by molar-refractivity contribution is 5.67. The number of hydrogen-bond donors (Lipinski definition) is 1. The molecule has 0 unspecified atom stereocenters. The van der Waals surface area contributed by atoms with Gasteiger partial charge in [-0.2, -0.15) is 5.10 Å². The lowest BCUT2D eigenvalue weighted by atomic mass is 10.00. The Morgan fingerprint density at radius 3 is 1.70 bits per heavy atom. The molecule has 2 aliphatic rings. The minimum atomic E-state index is -0.284. The first-order chi connectivity index (χ1) is 26.3. The largest absolute Gasteiger partial charge is 0.400 e. The zero-order valence-corrected chi connectivity index (χ0v) is 30.6. The third-order valence-electron chi connectivity index (χ3n) is 9.74. The van der Waals surface area contributed by atoms with E-state index in [4.69, 9.17) is 19.7 Å². The van der Waals surface area contributed by atoms with Gasteiger partial charge in [-0.25, -0.2) is 27.8 Å². The average Bonchev–Trinajstić information content (AvgIpc) is 3.84. The maximum Gasteiger partial charge on any atom is 0.279 e. The van der Waals surface area contributed by atoms with Crippen molar-refractivity contribution in [3.05, 3.63) is 128 Å². The van der Waals surface area contributed by atoms with Crippen molar-refractivity contribution < 1.29 is 23.4 Å². The zero-order chi connectivity index (χ0) is 38.2. The summed E-state index contributed by atoms with van der Waals surface area (Å²) in [6.45, 7) is 2.81. The van der Waals surface area contributed by atoms with Crippen molar-refractivity contribution in [2.24, 2.45) is 14.1 Å². The summed E-state index contributed by atoms with van der Waals surface area (Å²) in [6, 6.07) is 12.6. The van der Waals surface area contributed by atoms with Crippen LogP contribution in [-0.4, -0.2) is 77.0 Å². The predicted octanol–water partition coefficient (Wildman–Crippen LogP) is 4.49. The van der Waals surface area contributed by atoms with E-state index in [1.54, 1.807) is 76.5 Å². The topological polar surface area (TPSA) is 143 Å². The molecule has 13 nitrogen and oxygen atoms in total. The van der Waals surface area contributed by atoms with Crippen molar-refractivity contribution in [3.8, 4) is 0 Å². The Balaban J connectivity index is 0.000000176. The van der Waals surface area contributed by atoms with Crippen LogP contribution >= 0.6 is 0 Å². The quantitative estimate of drug-likeness (QED) is 0.251. The summed E-state index contributed by atoms with van der Waals surface area (Å²) in [4.78, 5) is 34.3. The second kappa shape index (κ2) is 17.6. The average molecular weight is 743 g/mol. The third kappa shape index (κ3) is 8.54. The van der Waals surface area contributed by atoms with Crippen molar-refractivity contribution in [2.45, 2.75) is 50.4 Å². The number of aromatic nitrogens is 8. The lowest BCUT2D eigenvalue weighted by molar-refractivity contribution is 0.0831. The molecule has 2 aliphatic heterocycles. The Bertz CT molecular complexity index is 2320. The minimum Gasteiger partial charge on any atom is -0.400 e. The first-order valence-corrected chi connectivity index (χ1v) is 17.9. The van der Waals surface area contributed by atoms with Gasteiger partial charge >= 0.3 is 0 Å². The Morgan fingerprint density at radius 2 is 1.17 bits per heavy atom. The van der Waals surface area contributed by atoms with E-state index in [0.717, 1.165) is 55.6 Å². The number of halogens is 2. The second-order valence-corrected chi connectivity index (χ2v) is 13.1. The van der Waals surface area contributed by atoms with Crippen LogP contribution in [0, 0.1) is 11.6 Å². The Labute approximate surface area is 310 Å². The summed E-state index contributed by atoms with van der Waals surface area (Å²) < 4.78 is 43.3. The normalized spacial score (nSPS) is 15.3. The second-order valence-electron chi connectivity index (χ2n) is 13.1. The zero-order valence-electron chi connectivity index (χ0n) is 30.6. The summed E-state index contributed by atoms with van der Waals surface area (Å²) in [5.41, 5.74) is 2.56. The molecule has 1 N–H and O–H groups in total. The van der Waals surface area contributed by atoms with Gasteiger partial charge in [0.05, 0.1) is 12.4 Å². The summed E-state index contributed by atoms with van der Waals surface area (Å²) in [7, 11) is 4.41. The Kier molecular flexibility index (Phi) is 12.5. The van der Waals surface area contributed by atoms with Crippen molar-refractivity contribution in [2.75, 3.05) is 33.5 Å². The van der Waals surface area contributed by atoms with E-state index in [0.29, 0.717) is 62.0 Å². The van der Waals surface area contributed by atoms with E-state index in [9.17, 15) is 18.4 Å². The molecule has 0 spiro atoms. The highest BCUT2D eigenvalue weighted by atomic mass is 19.1. The Morgan fingerprint density at radius 1 is 0.685 bits per heavy atom. The van der Waals surface area contributed by atoms with Crippen molar-refractivity contribution in [1.29, 1.82) is 0 Å². The van der Waals surface area contributed by atoms with Gasteiger partial charge in [0.2, 0.25) is 0 Å². The number of hydrogen-bond acceptors (Lipinski definition) is 9. The van der Waals surface area contributed by atoms with Crippen LogP contribution in [0.2, 0.25) is 0 Å². The van der Waals surface area contributed by atoms with Gasteiger partial charge < -0.3 is 14.6 Å². The van der Waals surface area contributed by atoms with Crippen molar-refractivity contribution in [3.63, 3.8) is 0 Å². The van der Waals surface area contributed by atoms with Gasteiger partial charge in [-0.1, -0.05) is 30.3 Å². The summed E-state index contributed by atoms with van der Waals surface area (Å²) in [5, 5.41) is 16.3. The maximum absolute atomic E-state index is 13.1. The summed E-state index contributed by atoms with van der Waals surface area (Å²) >= 11 is 0. The molecule has 284 valence electrons. The fourth-order valence-electron chi connectivity index (χ4n) is 6.62. The monoisotopic (exact) mass is 742 g/mol. The number of aryl methyl sites for hydroxylation is 2. The van der Waals surface area contributed by atoms with Gasteiger partial charge in [0.1, 0.15) is 29.1 Å². The molecule has 0 amide bonds. The molecule has 0 radical (unpaired) electrons. The first kappa shape index (κ1) is 38.3. The number of aliphatic hydroxyl groups excluding tert-OH is 1. The van der Waals surface area contributed by atoms with Crippen LogP contribution in [0.3, 0.4) is 0 Å². The van der Waals surface area contributed by atoms with Crippen LogP contribution in [0.4, 0.5) is 8.78 Å². The van der Waals surface area contributed by atoms with Gasteiger partial charge in [0.25, 0.3) is 11.1 Å². The number of benzene rings is 2. The fraction of sp³-hybridized carbons (Fsp3) is 0.385. The van der Waals surface area contributed by atoms with Crippen LogP contribution in [0.1, 0.15) is 71.9 Å². The van der Waals surface area contributed by atoms with Crippen molar-refractivity contribution >= 4 is 23.2 Å². The number of rotatable bonds is 7. The van der Waals surface area contributed by atoms with Crippen LogP contribution in [0.15, 0.2) is 70.5 Å². The van der Waals surface area contributed by atoms with E-state index in [2.05, 4.69) is 15.1 Å². The van der Waals surface area contributed by atoms with E-state index in [1.807, 2.05) is 0 Å². The van der Waals surface area contributed by atoms with E-state index >= 15 is 0 Å². The molecule has 15 heteroatoms. The molecule has 8 rings (SSSR count). The van der Waals surface area contributed by atoms with Gasteiger partial charge in [-0.05, 0) is 73.6 Å².